The molecule has 0 atom stereocenters. The van der Waals surface area contributed by atoms with Crippen molar-refractivity contribution in [1.29, 1.82) is 5.41 Å². The zero-order valence-corrected chi connectivity index (χ0v) is 12.2. The van der Waals surface area contributed by atoms with Gasteiger partial charge in [-0.2, -0.15) is 4.98 Å². The molecule has 2 aromatic rings. The third-order valence-corrected chi connectivity index (χ3v) is 3.73. The lowest BCUT2D eigenvalue weighted by Gasteiger charge is -2.11. The summed E-state index contributed by atoms with van der Waals surface area (Å²) < 4.78 is 6.46. The van der Waals surface area contributed by atoms with Gasteiger partial charge >= 0.3 is 11.1 Å². The summed E-state index contributed by atoms with van der Waals surface area (Å²) in [6.07, 6.45) is 0. The molecule has 4 N–H and O–H groups in total. The second kappa shape index (κ2) is 5.83. The number of H-pyrrole nitrogens is 1. The Morgan fingerprint density at radius 1 is 1.48 bits per heavy atom. The predicted octanol–water partition coefficient (Wildman–Crippen LogP) is -0.0875. The first-order chi connectivity index (χ1) is 9.92. The lowest BCUT2D eigenvalue weighted by molar-refractivity contribution is 0.413. The standard InChI is InChI=1S/C12H13N5O3S/c1-17-12(15-10(18)11(19)16-17)21-8-5-6(20-2)3-4-7(8)9(13)14/h3-5H,1-2H3,(H3,13,14)(H,16,19). The van der Waals surface area contributed by atoms with Crippen molar-refractivity contribution in [3.8, 4) is 5.75 Å². The molecule has 0 fully saturated rings. The molecule has 1 heterocycles. The monoisotopic (exact) mass is 307 g/mol. The number of aryl methyl sites for hydroxylation is 1. The number of hydrogen-bond acceptors (Lipinski definition) is 6. The number of ether oxygens (including phenoxy) is 1. The second-order valence-corrected chi connectivity index (χ2v) is 5.09. The minimum Gasteiger partial charge on any atom is -0.497 e. The van der Waals surface area contributed by atoms with Crippen molar-refractivity contribution in [3.63, 3.8) is 0 Å². The molecule has 21 heavy (non-hydrogen) atoms. The van der Waals surface area contributed by atoms with Crippen molar-refractivity contribution in [2.45, 2.75) is 10.1 Å². The quantitative estimate of drug-likeness (QED) is 0.411. The largest absolute Gasteiger partial charge is 0.497 e. The van der Waals surface area contributed by atoms with Gasteiger partial charge in [0.15, 0.2) is 5.16 Å². The fraction of sp³-hybridized carbons (Fsp3) is 0.167. The first-order valence-corrected chi connectivity index (χ1v) is 6.61. The molecule has 0 unspecified atom stereocenters. The second-order valence-electron chi connectivity index (χ2n) is 4.08. The van der Waals surface area contributed by atoms with Gasteiger partial charge in [0.25, 0.3) is 0 Å². The molecule has 2 rings (SSSR count). The van der Waals surface area contributed by atoms with E-state index in [4.69, 9.17) is 15.9 Å². The highest BCUT2D eigenvalue weighted by molar-refractivity contribution is 7.99. The van der Waals surface area contributed by atoms with Crippen LogP contribution in [0.4, 0.5) is 0 Å². The SMILES string of the molecule is COc1ccc(C(=N)N)c(Sc2nc(=O)c(=O)[nH]n2C)c1. The van der Waals surface area contributed by atoms with Gasteiger partial charge in [-0.3, -0.25) is 24.8 Å². The van der Waals surface area contributed by atoms with E-state index in [0.717, 1.165) is 11.8 Å². The number of amidine groups is 1. The minimum atomic E-state index is -0.872. The fourth-order valence-corrected chi connectivity index (χ4v) is 2.56. The summed E-state index contributed by atoms with van der Waals surface area (Å²) in [5.41, 5.74) is 4.36. The number of aromatic nitrogens is 3. The summed E-state index contributed by atoms with van der Waals surface area (Å²) in [4.78, 5) is 26.8. The van der Waals surface area contributed by atoms with Gasteiger partial charge in [-0.25, -0.2) is 0 Å². The van der Waals surface area contributed by atoms with Crippen molar-refractivity contribution < 1.29 is 4.74 Å². The number of nitrogens with zero attached hydrogens (tertiary/aromatic N) is 2. The highest BCUT2D eigenvalue weighted by Gasteiger charge is 2.12. The smallest absolute Gasteiger partial charge is 0.339 e. The molecule has 0 bridgehead atoms. The van der Waals surface area contributed by atoms with E-state index in [-0.39, 0.29) is 11.0 Å². The number of aromatic amines is 1. The van der Waals surface area contributed by atoms with E-state index < -0.39 is 11.1 Å². The number of hydrogen-bond donors (Lipinski definition) is 3. The van der Waals surface area contributed by atoms with Crippen LogP contribution in [0.15, 0.2) is 37.8 Å². The summed E-state index contributed by atoms with van der Waals surface area (Å²) >= 11 is 1.10. The van der Waals surface area contributed by atoms with Crippen LogP contribution in [0, 0.1) is 5.41 Å². The fourth-order valence-electron chi connectivity index (χ4n) is 1.59. The highest BCUT2D eigenvalue weighted by Crippen LogP contribution is 2.31. The van der Waals surface area contributed by atoms with Gasteiger partial charge in [0.2, 0.25) is 0 Å². The van der Waals surface area contributed by atoms with Crippen LogP contribution in [0.5, 0.6) is 5.75 Å². The number of methoxy groups -OCH3 is 1. The Hall–Kier alpha value is -2.55. The molecule has 0 aliphatic carbocycles. The molecule has 0 radical (unpaired) electrons. The Labute approximate surface area is 123 Å². The Bertz CT molecular complexity index is 811. The predicted molar refractivity (Wildman–Crippen MR) is 78.2 cm³/mol. The maximum absolute atomic E-state index is 11.4. The summed E-state index contributed by atoms with van der Waals surface area (Å²) in [6, 6.07) is 5.01. The van der Waals surface area contributed by atoms with Crippen molar-refractivity contribution >= 4 is 17.6 Å². The van der Waals surface area contributed by atoms with Gasteiger partial charge in [-0.15, -0.1) is 0 Å². The normalized spacial score (nSPS) is 10.4. The summed E-state index contributed by atoms with van der Waals surface area (Å²) in [6.45, 7) is 0. The summed E-state index contributed by atoms with van der Waals surface area (Å²) in [5.74, 6) is 0.464. The number of nitrogens with one attached hydrogen (secondary N) is 2. The molecule has 0 aliphatic rings. The molecule has 1 aromatic carbocycles. The Kier molecular flexibility index (Phi) is 4.13. The molecule has 0 aliphatic heterocycles. The maximum atomic E-state index is 11.4. The zero-order valence-electron chi connectivity index (χ0n) is 11.3. The first-order valence-electron chi connectivity index (χ1n) is 5.80. The van der Waals surface area contributed by atoms with Crippen molar-refractivity contribution in [2.24, 2.45) is 12.8 Å². The van der Waals surface area contributed by atoms with Crippen LogP contribution >= 0.6 is 11.8 Å². The van der Waals surface area contributed by atoms with E-state index in [9.17, 15) is 9.59 Å². The van der Waals surface area contributed by atoms with Crippen LogP contribution in [0.25, 0.3) is 0 Å². The first kappa shape index (κ1) is 14.9. The molecule has 110 valence electrons. The van der Waals surface area contributed by atoms with Gasteiger partial charge in [0.05, 0.1) is 7.11 Å². The van der Waals surface area contributed by atoms with Gasteiger partial charge < -0.3 is 10.5 Å². The summed E-state index contributed by atoms with van der Waals surface area (Å²) in [7, 11) is 3.08. The summed E-state index contributed by atoms with van der Waals surface area (Å²) in [5, 5.41) is 10.2. The van der Waals surface area contributed by atoms with Crippen LogP contribution in [0.1, 0.15) is 5.56 Å². The average molecular weight is 307 g/mol. The minimum absolute atomic E-state index is 0.116. The molecular weight excluding hydrogens is 294 g/mol. The van der Waals surface area contributed by atoms with Crippen molar-refractivity contribution in [3.05, 3.63) is 44.5 Å². The van der Waals surface area contributed by atoms with E-state index in [0.29, 0.717) is 16.2 Å². The Morgan fingerprint density at radius 2 is 2.19 bits per heavy atom. The van der Waals surface area contributed by atoms with Crippen molar-refractivity contribution in [1.82, 2.24) is 14.8 Å². The molecule has 1 aromatic heterocycles. The van der Waals surface area contributed by atoms with Crippen LogP contribution in [0.2, 0.25) is 0 Å². The topological polar surface area (TPSA) is 127 Å². The number of nitrogens with two attached hydrogens (primary N) is 1. The zero-order chi connectivity index (χ0) is 15.6. The highest BCUT2D eigenvalue weighted by atomic mass is 32.2. The Balaban J connectivity index is 2.52. The maximum Gasteiger partial charge on any atom is 0.339 e. The number of benzene rings is 1. The van der Waals surface area contributed by atoms with E-state index >= 15 is 0 Å². The van der Waals surface area contributed by atoms with E-state index in [2.05, 4.69) is 10.1 Å². The van der Waals surface area contributed by atoms with Crippen LogP contribution in [-0.2, 0) is 7.05 Å². The number of nitrogen functional groups attached to an aromatic ring is 1. The van der Waals surface area contributed by atoms with Crippen LogP contribution in [0.3, 0.4) is 0 Å². The lowest BCUT2D eigenvalue weighted by atomic mass is 10.2. The number of rotatable bonds is 4. The van der Waals surface area contributed by atoms with E-state index in [1.165, 1.54) is 11.8 Å². The Morgan fingerprint density at radius 3 is 2.81 bits per heavy atom. The van der Waals surface area contributed by atoms with Crippen LogP contribution < -0.4 is 21.6 Å². The average Bonchev–Trinajstić information content (AvgIpc) is 2.44. The van der Waals surface area contributed by atoms with Gasteiger partial charge in [-0.1, -0.05) is 0 Å². The van der Waals surface area contributed by atoms with E-state index in [1.54, 1.807) is 25.2 Å². The van der Waals surface area contributed by atoms with Gasteiger partial charge in [0.1, 0.15) is 11.6 Å². The lowest BCUT2D eigenvalue weighted by Crippen LogP contribution is -2.33. The van der Waals surface area contributed by atoms with Gasteiger partial charge in [0, 0.05) is 17.5 Å². The third kappa shape index (κ3) is 3.14. The van der Waals surface area contributed by atoms with Gasteiger partial charge in [-0.05, 0) is 30.0 Å². The molecule has 0 amide bonds. The molecule has 0 saturated carbocycles. The molecular formula is C12H13N5O3S. The molecule has 0 saturated heterocycles. The van der Waals surface area contributed by atoms with E-state index in [1.807, 2.05) is 0 Å². The third-order valence-electron chi connectivity index (χ3n) is 2.63. The molecule has 9 heteroatoms. The molecule has 8 nitrogen and oxygen atoms in total. The molecule has 0 spiro atoms. The van der Waals surface area contributed by atoms with Crippen LogP contribution in [-0.4, -0.2) is 27.7 Å². The van der Waals surface area contributed by atoms with Crippen molar-refractivity contribution in [2.75, 3.05) is 7.11 Å².